The number of nitriles is 1. The Morgan fingerprint density at radius 1 is 1.04 bits per heavy atom. The van der Waals surface area contributed by atoms with E-state index < -0.39 is 0 Å². The van der Waals surface area contributed by atoms with Crippen LogP contribution in [0.5, 0.6) is 0 Å². The van der Waals surface area contributed by atoms with E-state index >= 15 is 0 Å². The summed E-state index contributed by atoms with van der Waals surface area (Å²) in [5, 5.41) is 12.3. The number of rotatable bonds is 7. The summed E-state index contributed by atoms with van der Waals surface area (Å²) in [5.74, 6) is 1.54. The molecule has 0 saturated carbocycles. The molecule has 0 aliphatic heterocycles. The van der Waals surface area contributed by atoms with Crippen LogP contribution in [0.3, 0.4) is 0 Å². The number of aromatic nitrogens is 3. The quantitative estimate of drug-likeness (QED) is 0.725. The normalized spacial score (nSPS) is 10.3. The van der Waals surface area contributed by atoms with Gasteiger partial charge in [-0.15, -0.1) is 0 Å². The van der Waals surface area contributed by atoms with E-state index in [0.29, 0.717) is 17.9 Å². The smallest absolute Gasteiger partial charge is 0.144 e. The lowest BCUT2D eigenvalue weighted by molar-refractivity contribution is 0.615. The van der Waals surface area contributed by atoms with Crippen molar-refractivity contribution in [3.63, 3.8) is 0 Å². The van der Waals surface area contributed by atoms with E-state index in [-0.39, 0.29) is 0 Å². The Bertz CT molecular complexity index is 817. The first-order valence-electron chi connectivity index (χ1n) is 8.00. The zero-order valence-corrected chi connectivity index (χ0v) is 13.4. The summed E-state index contributed by atoms with van der Waals surface area (Å²) in [7, 11) is 0. The van der Waals surface area contributed by atoms with Crippen LogP contribution in [-0.2, 0) is 19.5 Å². The second-order valence-corrected chi connectivity index (χ2v) is 5.49. The Kier molecular flexibility index (Phi) is 5.21. The number of nitrogens with zero attached hydrogens (tertiary/aromatic N) is 4. The van der Waals surface area contributed by atoms with Crippen molar-refractivity contribution in [2.24, 2.45) is 0 Å². The molecular weight excluding hydrogens is 298 g/mol. The van der Waals surface area contributed by atoms with E-state index in [1.807, 2.05) is 18.5 Å². The maximum atomic E-state index is 9.10. The van der Waals surface area contributed by atoms with Gasteiger partial charge in [0.25, 0.3) is 0 Å². The van der Waals surface area contributed by atoms with E-state index in [1.165, 1.54) is 5.56 Å². The lowest BCUT2D eigenvalue weighted by Crippen LogP contribution is -2.10. The van der Waals surface area contributed by atoms with Gasteiger partial charge in [0.05, 0.1) is 12.1 Å². The van der Waals surface area contributed by atoms with Crippen LogP contribution in [0.2, 0.25) is 0 Å². The van der Waals surface area contributed by atoms with Gasteiger partial charge >= 0.3 is 0 Å². The molecule has 2 heterocycles. The molecule has 24 heavy (non-hydrogen) atoms. The Hall–Kier alpha value is -3.13. The number of imidazole rings is 1. The molecule has 0 spiro atoms. The van der Waals surface area contributed by atoms with Crippen LogP contribution in [0, 0.1) is 11.3 Å². The molecule has 0 bridgehead atoms. The number of aryl methyl sites for hydroxylation is 2. The number of hydrogen-bond acceptors (Lipinski definition) is 4. The molecule has 0 saturated heterocycles. The number of pyridine rings is 1. The molecule has 0 fully saturated rings. The number of nitrogens with one attached hydrogen (secondary N) is 1. The first-order chi connectivity index (χ1) is 11.9. The lowest BCUT2D eigenvalue weighted by Gasteiger charge is -2.10. The van der Waals surface area contributed by atoms with Gasteiger partial charge in [0.1, 0.15) is 17.7 Å². The fraction of sp³-hybridized carbons (Fsp3) is 0.211. The van der Waals surface area contributed by atoms with Gasteiger partial charge in [-0.05, 0) is 30.5 Å². The predicted molar refractivity (Wildman–Crippen MR) is 93.3 cm³/mol. The third-order valence-electron chi connectivity index (χ3n) is 3.85. The molecule has 0 amide bonds. The third kappa shape index (κ3) is 3.99. The van der Waals surface area contributed by atoms with E-state index in [4.69, 9.17) is 5.26 Å². The van der Waals surface area contributed by atoms with Crippen molar-refractivity contribution >= 4 is 5.82 Å². The number of benzene rings is 1. The Balaban J connectivity index is 1.56. The molecule has 0 radical (unpaired) electrons. The van der Waals surface area contributed by atoms with Crippen LogP contribution < -0.4 is 5.32 Å². The average molecular weight is 317 g/mol. The summed E-state index contributed by atoms with van der Waals surface area (Å²) >= 11 is 0. The highest BCUT2D eigenvalue weighted by atomic mass is 15.1. The van der Waals surface area contributed by atoms with Crippen molar-refractivity contribution in [3.8, 4) is 6.07 Å². The summed E-state index contributed by atoms with van der Waals surface area (Å²) in [5.41, 5.74) is 1.89. The van der Waals surface area contributed by atoms with E-state index in [2.05, 4.69) is 50.2 Å². The van der Waals surface area contributed by atoms with E-state index in [1.54, 1.807) is 18.3 Å². The maximum Gasteiger partial charge on any atom is 0.144 e. The van der Waals surface area contributed by atoms with Crippen molar-refractivity contribution in [1.82, 2.24) is 14.5 Å². The molecule has 120 valence electrons. The van der Waals surface area contributed by atoms with Crippen molar-refractivity contribution in [3.05, 3.63) is 78.0 Å². The Labute approximate surface area is 141 Å². The van der Waals surface area contributed by atoms with Gasteiger partial charge in [0, 0.05) is 25.1 Å². The molecule has 0 atom stereocenters. The summed E-state index contributed by atoms with van der Waals surface area (Å²) in [4.78, 5) is 8.61. The highest BCUT2D eigenvalue weighted by Gasteiger charge is 2.06. The van der Waals surface area contributed by atoms with Crippen molar-refractivity contribution in [2.75, 3.05) is 5.32 Å². The minimum Gasteiger partial charge on any atom is -0.362 e. The first kappa shape index (κ1) is 15.8. The van der Waals surface area contributed by atoms with Gasteiger partial charge in [-0.2, -0.15) is 5.26 Å². The Morgan fingerprint density at radius 2 is 1.92 bits per heavy atom. The van der Waals surface area contributed by atoms with Crippen LogP contribution in [0.15, 0.2) is 61.1 Å². The molecule has 2 aromatic heterocycles. The molecular formula is C19H19N5. The molecule has 3 aromatic rings. The van der Waals surface area contributed by atoms with Gasteiger partial charge < -0.3 is 9.88 Å². The maximum absolute atomic E-state index is 9.10. The number of hydrogen-bond donors (Lipinski definition) is 1. The first-order valence-corrected chi connectivity index (χ1v) is 8.00. The fourth-order valence-electron chi connectivity index (χ4n) is 2.61. The largest absolute Gasteiger partial charge is 0.362 e. The van der Waals surface area contributed by atoms with Gasteiger partial charge in [0.2, 0.25) is 0 Å². The predicted octanol–water partition coefficient (Wildman–Crippen LogP) is 3.39. The molecule has 3 rings (SSSR count). The standard InChI is InChI=1S/C19H19N5/c20-14-17-9-4-10-22-19(17)23-15-18-21-11-13-24(18)12-5-8-16-6-2-1-3-7-16/h1-4,6-7,9-11,13H,5,8,12,15H2,(H,22,23). The van der Waals surface area contributed by atoms with Gasteiger partial charge in [-0.1, -0.05) is 30.3 Å². The second kappa shape index (κ2) is 7.93. The fourth-order valence-corrected chi connectivity index (χ4v) is 2.61. The monoisotopic (exact) mass is 317 g/mol. The lowest BCUT2D eigenvalue weighted by atomic mass is 10.1. The molecule has 5 heteroatoms. The van der Waals surface area contributed by atoms with Crippen molar-refractivity contribution in [2.45, 2.75) is 25.9 Å². The van der Waals surface area contributed by atoms with Crippen molar-refractivity contribution in [1.29, 1.82) is 5.26 Å². The summed E-state index contributed by atoms with van der Waals surface area (Å²) < 4.78 is 2.14. The Morgan fingerprint density at radius 3 is 2.75 bits per heavy atom. The SMILES string of the molecule is N#Cc1cccnc1NCc1nccn1CCCc1ccccc1. The topological polar surface area (TPSA) is 66.5 Å². The molecule has 1 N–H and O–H groups in total. The molecule has 5 nitrogen and oxygen atoms in total. The average Bonchev–Trinajstić information content (AvgIpc) is 3.08. The van der Waals surface area contributed by atoms with Gasteiger partial charge in [-0.3, -0.25) is 0 Å². The zero-order chi connectivity index (χ0) is 16.6. The van der Waals surface area contributed by atoms with E-state index in [0.717, 1.165) is 25.2 Å². The van der Waals surface area contributed by atoms with Crippen molar-refractivity contribution < 1.29 is 0 Å². The van der Waals surface area contributed by atoms with Crippen LogP contribution >= 0.6 is 0 Å². The minimum atomic E-state index is 0.541. The second-order valence-electron chi connectivity index (χ2n) is 5.49. The van der Waals surface area contributed by atoms with Crippen LogP contribution in [0.4, 0.5) is 5.82 Å². The number of anilines is 1. The molecule has 0 aliphatic rings. The third-order valence-corrected chi connectivity index (χ3v) is 3.85. The van der Waals surface area contributed by atoms with Gasteiger partial charge in [-0.25, -0.2) is 9.97 Å². The van der Waals surface area contributed by atoms with Crippen LogP contribution in [-0.4, -0.2) is 14.5 Å². The highest BCUT2D eigenvalue weighted by molar-refractivity contribution is 5.51. The van der Waals surface area contributed by atoms with E-state index in [9.17, 15) is 0 Å². The highest BCUT2D eigenvalue weighted by Crippen LogP contribution is 2.12. The van der Waals surface area contributed by atoms with Crippen LogP contribution in [0.25, 0.3) is 0 Å². The van der Waals surface area contributed by atoms with Crippen LogP contribution in [0.1, 0.15) is 23.4 Å². The molecule has 1 aromatic carbocycles. The molecule has 0 unspecified atom stereocenters. The molecule has 0 aliphatic carbocycles. The summed E-state index contributed by atoms with van der Waals surface area (Å²) in [6, 6.07) is 16.1. The summed E-state index contributed by atoms with van der Waals surface area (Å²) in [6.45, 7) is 1.46. The minimum absolute atomic E-state index is 0.541. The zero-order valence-electron chi connectivity index (χ0n) is 13.4. The van der Waals surface area contributed by atoms with Gasteiger partial charge in [0.15, 0.2) is 0 Å². The summed E-state index contributed by atoms with van der Waals surface area (Å²) in [6.07, 6.45) is 7.58.